The maximum Gasteiger partial charge on any atom is 0.0556 e. The minimum atomic E-state index is 0.173. The number of alkyl halides is 2. The minimum absolute atomic E-state index is 0.173. The first-order valence-electron chi connectivity index (χ1n) is 2.12. The van der Waals surface area contributed by atoms with Crippen LogP contribution in [0.15, 0.2) is 0 Å². The smallest absolute Gasteiger partial charge is 0.0556 e. The highest BCUT2D eigenvalue weighted by Crippen LogP contribution is 2.03. The van der Waals surface area contributed by atoms with Crippen LogP contribution in [0.3, 0.4) is 0 Å². The lowest BCUT2D eigenvalue weighted by atomic mass is 10.4. The van der Waals surface area contributed by atoms with Crippen LogP contribution in [0.25, 0.3) is 0 Å². The van der Waals surface area contributed by atoms with Gasteiger partial charge in [0.15, 0.2) is 0 Å². The monoisotopic (exact) mass is 186 g/mol. The van der Waals surface area contributed by atoms with E-state index in [1.807, 2.05) is 0 Å². The Labute approximate surface area is 56.8 Å². The van der Waals surface area contributed by atoms with Gasteiger partial charge in [0.1, 0.15) is 0 Å². The zero-order valence-electron chi connectivity index (χ0n) is 3.90. The second kappa shape index (κ2) is 4.88. The molecule has 0 saturated carbocycles. The van der Waals surface area contributed by atoms with Crippen LogP contribution < -0.4 is 0 Å². The molecule has 3 heteroatoms. The Balaban J connectivity index is 2.83. The summed E-state index contributed by atoms with van der Waals surface area (Å²) in [5, 5.41) is 8.36. The van der Waals surface area contributed by atoms with Crippen molar-refractivity contribution in [1.29, 1.82) is 0 Å². The number of aliphatic hydroxyl groups is 1. The summed E-state index contributed by atoms with van der Waals surface area (Å²) in [4.78, 5) is 0.185. The molecule has 0 aromatic heterocycles. The largest absolute Gasteiger partial charge is 0.395 e. The average molecular weight is 187 g/mol. The molecule has 0 aromatic carbocycles. The van der Waals surface area contributed by atoms with Crippen molar-refractivity contribution in [3.05, 3.63) is 0 Å². The third-order valence-electron chi connectivity index (χ3n) is 0.620. The number of halogens is 2. The molecule has 1 atom stereocenters. The molecule has 0 heterocycles. The third-order valence-corrected chi connectivity index (χ3v) is 1.59. The Morgan fingerprint density at radius 2 is 2.29 bits per heavy atom. The molecule has 0 bridgehead atoms. The van der Waals surface area contributed by atoms with Crippen molar-refractivity contribution in [2.24, 2.45) is 0 Å². The van der Waals surface area contributed by atoms with Crippen molar-refractivity contribution in [2.75, 3.05) is 12.5 Å². The third kappa shape index (κ3) is 4.59. The first-order valence-corrected chi connectivity index (χ1v) is 3.57. The van der Waals surface area contributed by atoms with Gasteiger partial charge in [-0.3, -0.25) is 0 Å². The van der Waals surface area contributed by atoms with Crippen LogP contribution in [0.5, 0.6) is 0 Å². The predicted molar refractivity (Wildman–Crippen MR) is 35.1 cm³/mol. The van der Waals surface area contributed by atoms with E-state index < -0.39 is 0 Å². The molecular weight excluding hydrogens is 179 g/mol. The van der Waals surface area contributed by atoms with E-state index in [1.165, 1.54) is 0 Å². The Hall–Kier alpha value is 0.730. The molecule has 0 aliphatic rings. The summed E-state index contributed by atoms with van der Waals surface area (Å²) in [6, 6.07) is 0. The van der Waals surface area contributed by atoms with Gasteiger partial charge < -0.3 is 5.11 Å². The van der Waals surface area contributed by atoms with E-state index in [0.717, 1.165) is 6.42 Å². The lowest BCUT2D eigenvalue weighted by molar-refractivity contribution is 0.295. The second-order valence-electron chi connectivity index (χ2n) is 1.26. The molecule has 1 N–H and O–H groups in total. The fourth-order valence-corrected chi connectivity index (χ4v) is 0.966. The Kier molecular flexibility index (Phi) is 5.39. The maximum absolute atomic E-state index is 8.36. The van der Waals surface area contributed by atoms with E-state index in [9.17, 15) is 0 Å². The van der Waals surface area contributed by atoms with Gasteiger partial charge in [0.25, 0.3) is 0 Å². The topological polar surface area (TPSA) is 20.2 Å². The van der Waals surface area contributed by atoms with E-state index in [2.05, 4.69) is 15.9 Å². The molecule has 0 aromatic rings. The second-order valence-corrected chi connectivity index (χ2v) is 2.93. The maximum atomic E-state index is 8.36. The molecule has 0 aliphatic carbocycles. The van der Waals surface area contributed by atoms with E-state index in [4.69, 9.17) is 16.7 Å². The van der Waals surface area contributed by atoms with Crippen LogP contribution >= 0.6 is 27.5 Å². The summed E-state index contributed by atoms with van der Waals surface area (Å²) in [5.41, 5.74) is 0. The number of rotatable bonds is 3. The SMILES string of the molecule is OCC(Br)CCCl. The normalized spacial score (nSPS) is 14.1. The quantitative estimate of drug-likeness (QED) is 0.662. The van der Waals surface area contributed by atoms with Crippen molar-refractivity contribution in [3.63, 3.8) is 0 Å². The number of aliphatic hydroxyl groups excluding tert-OH is 1. The standard InChI is InChI=1S/C4H8BrClO/c5-4(3-7)1-2-6/h4,7H,1-3H2. The van der Waals surface area contributed by atoms with E-state index in [1.54, 1.807) is 0 Å². The van der Waals surface area contributed by atoms with Crippen molar-refractivity contribution in [2.45, 2.75) is 11.2 Å². The molecule has 0 fully saturated rings. The Morgan fingerprint density at radius 1 is 1.71 bits per heavy atom. The van der Waals surface area contributed by atoms with E-state index in [0.29, 0.717) is 5.88 Å². The first-order chi connectivity index (χ1) is 3.31. The van der Waals surface area contributed by atoms with Crippen molar-refractivity contribution in [3.8, 4) is 0 Å². The van der Waals surface area contributed by atoms with Crippen LogP contribution in [0.1, 0.15) is 6.42 Å². The van der Waals surface area contributed by atoms with E-state index >= 15 is 0 Å². The first kappa shape index (κ1) is 7.73. The molecule has 1 nitrogen and oxygen atoms in total. The van der Waals surface area contributed by atoms with Gasteiger partial charge in [-0.05, 0) is 6.42 Å². The van der Waals surface area contributed by atoms with Crippen LogP contribution in [0, 0.1) is 0 Å². The van der Waals surface area contributed by atoms with Gasteiger partial charge in [-0.25, -0.2) is 0 Å². The van der Waals surface area contributed by atoms with Gasteiger partial charge in [-0.1, -0.05) is 15.9 Å². The lowest BCUT2D eigenvalue weighted by Crippen LogP contribution is -2.03. The number of hydrogen-bond donors (Lipinski definition) is 1. The fraction of sp³-hybridized carbons (Fsp3) is 1.00. The molecule has 0 spiro atoms. The van der Waals surface area contributed by atoms with Gasteiger partial charge >= 0.3 is 0 Å². The van der Waals surface area contributed by atoms with Gasteiger partial charge in [0.05, 0.1) is 6.61 Å². The molecule has 0 rings (SSSR count). The van der Waals surface area contributed by atoms with Crippen LogP contribution in [0.4, 0.5) is 0 Å². The predicted octanol–water partition coefficient (Wildman–Crippen LogP) is 1.37. The minimum Gasteiger partial charge on any atom is -0.395 e. The zero-order valence-corrected chi connectivity index (χ0v) is 6.24. The highest BCUT2D eigenvalue weighted by Gasteiger charge is 1.97. The van der Waals surface area contributed by atoms with Crippen molar-refractivity contribution in [1.82, 2.24) is 0 Å². The highest BCUT2D eigenvalue weighted by molar-refractivity contribution is 9.09. The molecule has 7 heavy (non-hydrogen) atoms. The zero-order chi connectivity index (χ0) is 5.70. The summed E-state index contributed by atoms with van der Waals surface area (Å²) in [6.45, 7) is 0.173. The summed E-state index contributed by atoms with van der Waals surface area (Å²) >= 11 is 8.54. The summed E-state index contributed by atoms with van der Waals surface area (Å²) < 4.78 is 0. The van der Waals surface area contributed by atoms with Gasteiger partial charge in [0, 0.05) is 10.7 Å². The molecule has 0 amide bonds. The molecule has 0 radical (unpaired) electrons. The van der Waals surface area contributed by atoms with Gasteiger partial charge in [-0.2, -0.15) is 0 Å². The van der Waals surface area contributed by atoms with Crippen LogP contribution in [-0.4, -0.2) is 22.4 Å². The Morgan fingerprint density at radius 3 is 2.43 bits per heavy atom. The molecular formula is C4H8BrClO. The molecule has 44 valence electrons. The Bertz CT molecular complexity index is 42.7. The van der Waals surface area contributed by atoms with E-state index in [-0.39, 0.29) is 11.4 Å². The van der Waals surface area contributed by atoms with Gasteiger partial charge in [0.2, 0.25) is 0 Å². The van der Waals surface area contributed by atoms with Crippen LogP contribution in [-0.2, 0) is 0 Å². The van der Waals surface area contributed by atoms with Crippen molar-refractivity contribution >= 4 is 27.5 Å². The lowest BCUT2D eigenvalue weighted by Gasteiger charge is -1.98. The van der Waals surface area contributed by atoms with Gasteiger partial charge in [-0.15, -0.1) is 11.6 Å². The van der Waals surface area contributed by atoms with Crippen molar-refractivity contribution < 1.29 is 5.11 Å². The number of hydrogen-bond acceptors (Lipinski definition) is 1. The fourth-order valence-electron chi connectivity index (χ4n) is 0.210. The highest BCUT2D eigenvalue weighted by atomic mass is 79.9. The molecule has 0 aliphatic heterocycles. The molecule has 1 unspecified atom stereocenters. The summed E-state index contributed by atoms with van der Waals surface area (Å²) in [5.74, 6) is 0.608. The summed E-state index contributed by atoms with van der Waals surface area (Å²) in [7, 11) is 0. The summed E-state index contributed by atoms with van der Waals surface area (Å²) in [6.07, 6.45) is 0.831. The van der Waals surface area contributed by atoms with Crippen LogP contribution in [0.2, 0.25) is 0 Å². The average Bonchev–Trinajstić information content (AvgIpc) is 1.68. The molecule has 0 saturated heterocycles.